The molecule has 416 valence electrons. The molecule has 0 bridgehead atoms. The molecular weight excluding hydrogens is 912 g/mol. The molecule has 0 saturated heterocycles. The number of likely N-dealkylation sites (N-methyl/N-ethyl adjacent to an activating group) is 1. The lowest BCUT2D eigenvalue weighted by Gasteiger charge is -2.26. The average molecular weight is 1030 g/mol. The molecule has 0 rings (SSSR count). The Kier molecular flexibility index (Phi) is 51.3. The number of phosphoric ester groups is 1. The summed E-state index contributed by atoms with van der Waals surface area (Å²) >= 11 is 0. The van der Waals surface area contributed by atoms with Crippen LogP contribution in [0.15, 0.2) is 97.2 Å². The van der Waals surface area contributed by atoms with Gasteiger partial charge in [0.2, 0.25) is 5.91 Å². The second-order valence-corrected chi connectivity index (χ2v) is 22.4. The largest absolute Gasteiger partial charge is 0.472 e. The third kappa shape index (κ3) is 55.2. The predicted octanol–water partition coefficient (Wildman–Crippen LogP) is 18.2. The fourth-order valence-electron chi connectivity index (χ4n) is 8.24. The zero-order valence-corrected chi connectivity index (χ0v) is 48.3. The summed E-state index contributed by atoms with van der Waals surface area (Å²) in [4.78, 5) is 23.3. The number of nitrogens with one attached hydrogen (secondary N) is 1. The van der Waals surface area contributed by atoms with E-state index in [-0.39, 0.29) is 19.1 Å². The molecule has 0 aromatic heterocycles. The first-order valence-corrected chi connectivity index (χ1v) is 31.1. The van der Waals surface area contributed by atoms with Gasteiger partial charge in [0.1, 0.15) is 13.2 Å². The van der Waals surface area contributed by atoms with Crippen molar-refractivity contribution in [1.82, 2.24) is 5.32 Å². The molecule has 0 spiro atoms. The number of allylic oxidation sites excluding steroid dienone is 16. The summed E-state index contributed by atoms with van der Waals surface area (Å²) in [6.45, 7) is 4.77. The Hall–Kier alpha value is -2.58. The van der Waals surface area contributed by atoms with Crippen LogP contribution in [0.1, 0.15) is 245 Å². The lowest BCUT2D eigenvalue weighted by Crippen LogP contribution is -2.46. The topological polar surface area (TPSA) is 105 Å². The zero-order valence-electron chi connectivity index (χ0n) is 47.4. The van der Waals surface area contributed by atoms with Crippen molar-refractivity contribution in [3.63, 3.8) is 0 Å². The highest BCUT2D eigenvalue weighted by Gasteiger charge is 2.28. The summed E-state index contributed by atoms with van der Waals surface area (Å²) in [6.07, 6.45) is 76.0. The maximum absolute atomic E-state index is 13.0. The summed E-state index contributed by atoms with van der Waals surface area (Å²) < 4.78 is 23.8. The molecule has 72 heavy (non-hydrogen) atoms. The lowest BCUT2D eigenvalue weighted by atomic mass is 10.0. The van der Waals surface area contributed by atoms with Crippen molar-refractivity contribution < 1.29 is 32.9 Å². The highest BCUT2D eigenvalue weighted by molar-refractivity contribution is 7.47. The van der Waals surface area contributed by atoms with Crippen LogP contribution in [-0.2, 0) is 18.4 Å². The Labute approximate surface area is 445 Å². The molecule has 0 fully saturated rings. The molecule has 3 N–H and O–H groups in total. The number of hydrogen-bond donors (Lipinski definition) is 3. The minimum absolute atomic E-state index is 0.0700. The number of quaternary nitrogens is 1. The third-order valence-corrected chi connectivity index (χ3v) is 13.8. The predicted molar refractivity (Wildman–Crippen MR) is 313 cm³/mol. The number of amides is 1. The summed E-state index contributed by atoms with van der Waals surface area (Å²) in [6, 6.07) is -0.769. The number of aliphatic hydroxyl groups excluding tert-OH is 1. The van der Waals surface area contributed by atoms with E-state index in [9.17, 15) is 19.4 Å². The number of carbonyl (C=O) groups excluding carboxylic acids is 1. The fraction of sp³-hybridized carbons (Fsp3) is 0.730. The second-order valence-electron chi connectivity index (χ2n) is 21.0. The average Bonchev–Trinajstić information content (AvgIpc) is 3.34. The van der Waals surface area contributed by atoms with Crippen LogP contribution in [0.2, 0.25) is 0 Å². The molecule has 0 aromatic carbocycles. The van der Waals surface area contributed by atoms with Crippen LogP contribution in [0.5, 0.6) is 0 Å². The number of unbranched alkanes of at least 4 members (excludes halogenated alkanes) is 24. The van der Waals surface area contributed by atoms with Gasteiger partial charge in [-0.1, -0.05) is 259 Å². The van der Waals surface area contributed by atoms with Gasteiger partial charge in [-0.05, 0) is 77.0 Å². The van der Waals surface area contributed by atoms with Gasteiger partial charge in [0.15, 0.2) is 0 Å². The van der Waals surface area contributed by atoms with Crippen molar-refractivity contribution in [3.05, 3.63) is 97.2 Å². The fourth-order valence-corrected chi connectivity index (χ4v) is 8.98. The van der Waals surface area contributed by atoms with E-state index in [0.29, 0.717) is 23.9 Å². The number of nitrogens with zero attached hydrogens (tertiary/aromatic N) is 1. The monoisotopic (exact) mass is 1030 g/mol. The summed E-state index contributed by atoms with van der Waals surface area (Å²) in [5, 5.41) is 14.0. The Morgan fingerprint density at radius 3 is 1.22 bits per heavy atom. The minimum atomic E-state index is -4.33. The Morgan fingerprint density at radius 2 is 0.833 bits per heavy atom. The maximum atomic E-state index is 13.0. The highest BCUT2D eigenvalue weighted by atomic mass is 31.2. The minimum Gasteiger partial charge on any atom is -0.391 e. The van der Waals surface area contributed by atoms with Crippen LogP contribution in [0.25, 0.3) is 0 Å². The molecule has 0 radical (unpaired) electrons. The summed E-state index contributed by atoms with van der Waals surface area (Å²) in [7, 11) is 1.60. The first kappa shape index (κ1) is 69.4. The molecule has 0 saturated carbocycles. The van der Waals surface area contributed by atoms with Gasteiger partial charge in [0, 0.05) is 6.42 Å². The molecule has 8 nitrogen and oxygen atoms in total. The van der Waals surface area contributed by atoms with Crippen LogP contribution in [0, 0.1) is 0 Å². The SMILES string of the molecule is CC/C=C\C/C=C\C/C=C\C/C=C\C/C=C\C/C=C\C/C=C\C/C=C\CCCCCCCCCCCCC(=O)NC(COP(=O)(O)OCC[N+](C)(C)C)C(O)CCCCCCCCCCCCCCCCC. The highest BCUT2D eigenvalue weighted by Crippen LogP contribution is 2.43. The van der Waals surface area contributed by atoms with Gasteiger partial charge < -0.3 is 19.8 Å². The molecule has 0 aliphatic carbocycles. The summed E-state index contributed by atoms with van der Waals surface area (Å²) in [5.41, 5.74) is 0. The van der Waals surface area contributed by atoms with E-state index >= 15 is 0 Å². The van der Waals surface area contributed by atoms with E-state index in [4.69, 9.17) is 9.05 Å². The molecule has 3 atom stereocenters. The van der Waals surface area contributed by atoms with E-state index in [0.717, 1.165) is 96.3 Å². The van der Waals surface area contributed by atoms with Crippen molar-refractivity contribution in [1.29, 1.82) is 0 Å². The van der Waals surface area contributed by atoms with Crippen molar-refractivity contribution >= 4 is 13.7 Å². The number of carbonyl (C=O) groups is 1. The van der Waals surface area contributed by atoms with E-state index in [2.05, 4.69) is 116 Å². The standard InChI is InChI=1S/C63H113N2O6P/c1-6-8-10-12-14-16-18-20-22-23-24-25-26-27-28-29-30-31-32-33-34-35-36-37-38-39-40-41-43-45-47-49-51-53-55-57-63(67)64-61(60-71-72(68,69)70-59-58-65(3,4)5)62(66)56-54-52-50-48-46-44-42-21-19-17-15-13-11-9-7-2/h8,10,14,16,20,22,24-25,27-28,30-31,33-34,36-37,61-62,66H,6-7,9,11-13,15,17-19,21,23,26,29,32,35,38-60H2,1-5H3,(H-,64,67,68,69)/p+1/b10-8-,16-14-,22-20-,25-24-,28-27-,31-30-,34-33-,37-36-. The van der Waals surface area contributed by atoms with Gasteiger partial charge in [-0.3, -0.25) is 13.8 Å². The van der Waals surface area contributed by atoms with E-state index < -0.39 is 20.0 Å². The van der Waals surface area contributed by atoms with E-state index in [1.165, 1.54) is 122 Å². The van der Waals surface area contributed by atoms with Gasteiger partial charge in [-0.25, -0.2) is 4.57 Å². The van der Waals surface area contributed by atoms with Gasteiger partial charge in [-0.2, -0.15) is 0 Å². The maximum Gasteiger partial charge on any atom is 0.472 e. The summed E-state index contributed by atoms with van der Waals surface area (Å²) in [5.74, 6) is -0.152. The molecule has 1 amide bonds. The molecule has 0 aromatic rings. The number of aliphatic hydroxyl groups is 1. The van der Waals surface area contributed by atoms with Gasteiger partial charge in [0.05, 0.1) is 39.9 Å². The molecule has 3 unspecified atom stereocenters. The Morgan fingerprint density at radius 1 is 0.486 bits per heavy atom. The quantitative estimate of drug-likeness (QED) is 0.0243. The Bertz CT molecular complexity index is 1490. The smallest absolute Gasteiger partial charge is 0.391 e. The van der Waals surface area contributed by atoms with E-state index in [1.807, 2.05) is 21.1 Å². The molecule has 9 heteroatoms. The second kappa shape index (κ2) is 53.3. The first-order chi connectivity index (χ1) is 35.0. The van der Waals surface area contributed by atoms with Gasteiger partial charge in [0.25, 0.3) is 0 Å². The molecular formula is C63H114N2O6P+. The Balaban J connectivity index is 4.11. The van der Waals surface area contributed by atoms with Crippen LogP contribution in [0.3, 0.4) is 0 Å². The van der Waals surface area contributed by atoms with Gasteiger partial charge in [-0.15, -0.1) is 0 Å². The molecule has 0 aliphatic rings. The van der Waals surface area contributed by atoms with Gasteiger partial charge >= 0.3 is 7.82 Å². The van der Waals surface area contributed by atoms with E-state index in [1.54, 1.807) is 0 Å². The first-order valence-electron chi connectivity index (χ1n) is 29.6. The number of phosphoric acid groups is 1. The zero-order chi connectivity index (χ0) is 52.7. The van der Waals surface area contributed by atoms with Crippen molar-refractivity contribution in [2.24, 2.45) is 0 Å². The van der Waals surface area contributed by atoms with Crippen molar-refractivity contribution in [3.8, 4) is 0 Å². The van der Waals surface area contributed by atoms with Crippen LogP contribution in [-0.4, -0.2) is 73.4 Å². The third-order valence-electron chi connectivity index (χ3n) is 12.8. The molecule has 0 heterocycles. The van der Waals surface area contributed by atoms with Crippen LogP contribution in [0.4, 0.5) is 0 Å². The number of hydrogen-bond acceptors (Lipinski definition) is 5. The van der Waals surface area contributed by atoms with Crippen molar-refractivity contribution in [2.75, 3.05) is 40.9 Å². The van der Waals surface area contributed by atoms with Crippen molar-refractivity contribution in [2.45, 2.75) is 257 Å². The lowest BCUT2D eigenvalue weighted by molar-refractivity contribution is -0.870. The van der Waals surface area contributed by atoms with Crippen LogP contribution >= 0.6 is 7.82 Å². The van der Waals surface area contributed by atoms with Crippen LogP contribution < -0.4 is 5.32 Å². The molecule has 0 aliphatic heterocycles. The number of rotatable bonds is 53. The normalized spacial score (nSPS) is 14.6.